The van der Waals surface area contributed by atoms with Gasteiger partial charge in [-0.1, -0.05) is 12.1 Å². The van der Waals surface area contributed by atoms with Gasteiger partial charge in [0, 0.05) is 5.69 Å². The van der Waals surface area contributed by atoms with Crippen LogP contribution in [-0.2, 0) is 11.3 Å². The van der Waals surface area contributed by atoms with E-state index in [1.807, 2.05) is 0 Å². The lowest BCUT2D eigenvalue weighted by Gasteiger charge is -2.15. The molecule has 3 aromatic rings. The van der Waals surface area contributed by atoms with Crippen molar-refractivity contribution >= 4 is 17.5 Å². The number of ether oxygens (including phenoxy) is 2. The molecule has 0 spiro atoms. The zero-order valence-corrected chi connectivity index (χ0v) is 16.2. The van der Waals surface area contributed by atoms with E-state index in [0.29, 0.717) is 35.1 Å². The fourth-order valence-electron chi connectivity index (χ4n) is 2.64. The number of anilines is 1. The molecule has 7 heteroatoms. The zero-order chi connectivity index (χ0) is 20.6. The number of nitrogens with one attached hydrogen (secondary N) is 2. The van der Waals surface area contributed by atoms with Gasteiger partial charge in [-0.3, -0.25) is 9.59 Å². The highest BCUT2D eigenvalue weighted by Gasteiger charge is 2.15. The molecule has 3 rings (SSSR count). The quantitative estimate of drug-likeness (QED) is 0.609. The molecule has 2 amide bonds. The molecule has 29 heavy (non-hydrogen) atoms. The molecule has 0 aliphatic carbocycles. The summed E-state index contributed by atoms with van der Waals surface area (Å²) in [7, 11) is 1.52. The summed E-state index contributed by atoms with van der Waals surface area (Å²) in [5.74, 6) is 1.15. The summed E-state index contributed by atoms with van der Waals surface area (Å²) < 4.78 is 16.0. The Morgan fingerprint density at radius 1 is 1.03 bits per heavy atom. The fourth-order valence-corrected chi connectivity index (χ4v) is 2.64. The molecule has 0 saturated heterocycles. The number of furan rings is 1. The van der Waals surface area contributed by atoms with Crippen LogP contribution in [0.3, 0.4) is 0 Å². The maximum absolute atomic E-state index is 12.4. The molecule has 2 N–H and O–H groups in total. The van der Waals surface area contributed by atoms with Gasteiger partial charge in [0.2, 0.25) is 0 Å². The molecular weight excluding hydrogens is 372 g/mol. The molecule has 0 aliphatic rings. The number of para-hydroxylation sites is 1. The number of carbonyl (C=O) groups is 2. The second kappa shape index (κ2) is 9.45. The third-order valence-electron chi connectivity index (χ3n) is 4.16. The first-order chi connectivity index (χ1) is 14.1. The Morgan fingerprint density at radius 2 is 1.79 bits per heavy atom. The summed E-state index contributed by atoms with van der Waals surface area (Å²) >= 11 is 0. The summed E-state index contributed by atoms with van der Waals surface area (Å²) in [5, 5.41) is 5.55. The Labute approximate surface area is 168 Å². The lowest BCUT2D eigenvalue weighted by atomic mass is 10.2. The monoisotopic (exact) mass is 394 g/mol. The lowest BCUT2D eigenvalue weighted by Crippen LogP contribution is -2.35. The Morgan fingerprint density at radius 3 is 2.48 bits per heavy atom. The van der Waals surface area contributed by atoms with Gasteiger partial charge in [0.1, 0.15) is 17.3 Å². The summed E-state index contributed by atoms with van der Waals surface area (Å²) in [4.78, 5) is 24.6. The SMILES string of the molecule is COc1ccccc1C(=O)Nc1ccc(OC(C)C(=O)NCc2ccco2)cc1. The molecule has 1 aromatic heterocycles. The van der Waals surface area contributed by atoms with Crippen molar-refractivity contribution in [3.63, 3.8) is 0 Å². The van der Waals surface area contributed by atoms with Gasteiger partial charge in [0.05, 0.1) is 25.5 Å². The highest BCUT2D eigenvalue weighted by atomic mass is 16.5. The topological polar surface area (TPSA) is 89.8 Å². The van der Waals surface area contributed by atoms with Crippen molar-refractivity contribution in [1.29, 1.82) is 0 Å². The van der Waals surface area contributed by atoms with E-state index in [1.165, 1.54) is 7.11 Å². The van der Waals surface area contributed by atoms with E-state index in [0.717, 1.165) is 0 Å². The van der Waals surface area contributed by atoms with Crippen LogP contribution in [0.15, 0.2) is 71.3 Å². The van der Waals surface area contributed by atoms with Crippen LogP contribution >= 0.6 is 0 Å². The summed E-state index contributed by atoms with van der Waals surface area (Å²) in [5.41, 5.74) is 1.04. The fraction of sp³-hybridized carbons (Fsp3) is 0.182. The Balaban J connectivity index is 1.54. The van der Waals surface area contributed by atoms with Crippen molar-refractivity contribution < 1.29 is 23.5 Å². The van der Waals surface area contributed by atoms with Gasteiger partial charge in [-0.05, 0) is 55.5 Å². The highest BCUT2D eigenvalue weighted by molar-refractivity contribution is 6.06. The maximum atomic E-state index is 12.4. The number of methoxy groups -OCH3 is 1. The minimum absolute atomic E-state index is 0.255. The third-order valence-corrected chi connectivity index (χ3v) is 4.16. The van der Waals surface area contributed by atoms with E-state index in [1.54, 1.807) is 73.9 Å². The molecule has 1 heterocycles. The van der Waals surface area contributed by atoms with E-state index in [9.17, 15) is 9.59 Å². The van der Waals surface area contributed by atoms with Gasteiger partial charge in [-0.2, -0.15) is 0 Å². The van der Waals surface area contributed by atoms with E-state index in [-0.39, 0.29) is 11.8 Å². The number of hydrogen-bond acceptors (Lipinski definition) is 5. The van der Waals surface area contributed by atoms with Gasteiger partial charge in [0.25, 0.3) is 11.8 Å². The van der Waals surface area contributed by atoms with E-state index in [2.05, 4.69) is 10.6 Å². The van der Waals surface area contributed by atoms with Gasteiger partial charge in [-0.25, -0.2) is 0 Å². The average Bonchev–Trinajstić information content (AvgIpc) is 3.27. The highest BCUT2D eigenvalue weighted by Crippen LogP contribution is 2.21. The standard InChI is InChI=1S/C22H22N2O5/c1-15(21(25)23-14-18-6-5-13-28-18)29-17-11-9-16(10-12-17)24-22(26)19-7-3-4-8-20(19)27-2/h3-13,15H,14H2,1-2H3,(H,23,25)(H,24,26). The van der Waals surface area contributed by atoms with Crippen LogP contribution in [0.2, 0.25) is 0 Å². The number of amides is 2. The van der Waals surface area contributed by atoms with Crippen LogP contribution in [0, 0.1) is 0 Å². The van der Waals surface area contributed by atoms with Crippen molar-refractivity contribution in [2.45, 2.75) is 19.6 Å². The Hall–Kier alpha value is -3.74. The molecule has 1 atom stereocenters. The first-order valence-corrected chi connectivity index (χ1v) is 9.08. The summed E-state index contributed by atoms with van der Waals surface area (Å²) in [6.45, 7) is 1.96. The third kappa shape index (κ3) is 5.38. The van der Waals surface area contributed by atoms with Gasteiger partial charge in [-0.15, -0.1) is 0 Å². The maximum Gasteiger partial charge on any atom is 0.261 e. The summed E-state index contributed by atoms with van der Waals surface area (Å²) in [6.07, 6.45) is 0.870. The number of benzene rings is 2. The number of carbonyl (C=O) groups excluding carboxylic acids is 2. The van der Waals surface area contributed by atoms with E-state index >= 15 is 0 Å². The van der Waals surface area contributed by atoms with Crippen LogP contribution < -0.4 is 20.1 Å². The molecular formula is C22H22N2O5. The average molecular weight is 394 g/mol. The molecule has 150 valence electrons. The Bertz CT molecular complexity index is 952. The van der Waals surface area contributed by atoms with Crippen molar-refractivity contribution in [3.8, 4) is 11.5 Å². The molecule has 2 aromatic carbocycles. The molecule has 1 unspecified atom stereocenters. The molecule has 0 bridgehead atoms. The Kier molecular flexibility index (Phi) is 6.52. The molecule has 7 nitrogen and oxygen atoms in total. The first-order valence-electron chi connectivity index (χ1n) is 9.08. The minimum Gasteiger partial charge on any atom is -0.496 e. The molecule has 0 aliphatic heterocycles. The zero-order valence-electron chi connectivity index (χ0n) is 16.2. The van der Waals surface area contributed by atoms with Crippen LogP contribution in [0.1, 0.15) is 23.0 Å². The molecule has 0 fully saturated rings. The predicted molar refractivity (Wildman–Crippen MR) is 108 cm³/mol. The van der Waals surface area contributed by atoms with Crippen molar-refractivity contribution in [3.05, 3.63) is 78.3 Å². The van der Waals surface area contributed by atoms with Crippen LogP contribution in [0.25, 0.3) is 0 Å². The number of rotatable bonds is 8. The normalized spacial score (nSPS) is 11.4. The summed E-state index contributed by atoms with van der Waals surface area (Å²) in [6, 6.07) is 17.3. The first kappa shape index (κ1) is 20.0. The number of hydrogen-bond donors (Lipinski definition) is 2. The van der Waals surface area contributed by atoms with E-state index in [4.69, 9.17) is 13.9 Å². The smallest absolute Gasteiger partial charge is 0.261 e. The second-order valence-corrected chi connectivity index (χ2v) is 6.24. The minimum atomic E-state index is -0.681. The lowest BCUT2D eigenvalue weighted by molar-refractivity contribution is -0.127. The largest absolute Gasteiger partial charge is 0.496 e. The van der Waals surface area contributed by atoms with E-state index < -0.39 is 6.10 Å². The van der Waals surface area contributed by atoms with Crippen molar-refractivity contribution in [2.75, 3.05) is 12.4 Å². The van der Waals surface area contributed by atoms with Crippen molar-refractivity contribution in [1.82, 2.24) is 5.32 Å². The van der Waals surface area contributed by atoms with Crippen molar-refractivity contribution in [2.24, 2.45) is 0 Å². The van der Waals surface area contributed by atoms with Gasteiger partial charge < -0.3 is 24.5 Å². The van der Waals surface area contributed by atoms with Crippen LogP contribution in [0.4, 0.5) is 5.69 Å². The van der Waals surface area contributed by atoms with Crippen LogP contribution in [-0.4, -0.2) is 25.0 Å². The second-order valence-electron chi connectivity index (χ2n) is 6.24. The van der Waals surface area contributed by atoms with Gasteiger partial charge in [0.15, 0.2) is 6.10 Å². The van der Waals surface area contributed by atoms with Gasteiger partial charge >= 0.3 is 0 Å². The molecule has 0 saturated carbocycles. The molecule has 0 radical (unpaired) electrons. The predicted octanol–water partition coefficient (Wildman–Crippen LogP) is 3.62. The van der Waals surface area contributed by atoms with Crippen LogP contribution in [0.5, 0.6) is 11.5 Å².